The molecule has 1 atom stereocenters. The van der Waals surface area contributed by atoms with Gasteiger partial charge in [-0.15, -0.1) is 0 Å². The van der Waals surface area contributed by atoms with Crippen LogP contribution in [0, 0.1) is 0 Å². The Bertz CT molecular complexity index is 1670. The van der Waals surface area contributed by atoms with Crippen LogP contribution in [0.15, 0.2) is 108 Å². The number of ether oxygens (including phenoxy) is 1. The van der Waals surface area contributed by atoms with Gasteiger partial charge in [-0.25, -0.2) is 4.79 Å². The zero-order chi connectivity index (χ0) is 29.7. The summed E-state index contributed by atoms with van der Waals surface area (Å²) in [7, 11) is -4.28. The van der Waals surface area contributed by atoms with Crippen molar-refractivity contribution >= 4 is 50.8 Å². The molecule has 1 aliphatic rings. The van der Waals surface area contributed by atoms with Crippen LogP contribution in [0.1, 0.15) is 28.8 Å². The van der Waals surface area contributed by atoms with Crippen molar-refractivity contribution in [1.29, 1.82) is 0 Å². The lowest BCUT2D eigenvalue weighted by molar-refractivity contribution is -0.149. The standard InChI is InChI=1S/C31H26Cl2N2O6S/c32-24-15-18-29(27(33)20-24)41-35(25-10-5-2-6-11-25)42(38,39)26-16-13-23(14-17-26)30(36)34-19-7-12-28(34)31(37)40-21-22-8-3-1-4-9-22/h1-6,8-11,13-18,20,28H,7,12,19,21H2. The molecule has 0 spiro atoms. The molecule has 0 saturated carbocycles. The van der Waals surface area contributed by atoms with E-state index in [1.54, 1.807) is 30.3 Å². The fraction of sp³-hybridized carbons (Fsp3) is 0.161. The first kappa shape index (κ1) is 29.4. The molecule has 0 aliphatic carbocycles. The van der Waals surface area contributed by atoms with E-state index in [1.165, 1.54) is 47.4 Å². The number of hydrogen-bond donors (Lipinski definition) is 0. The SMILES string of the molecule is O=C(OCc1ccccc1)C1CCCN1C(=O)c1ccc(S(=O)(=O)N(Oc2ccc(Cl)cc2Cl)c2ccccc2)cc1. The summed E-state index contributed by atoms with van der Waals surface area (Å²) in [5.41, 5.74) is 1.33. The summed E-state index contributed by atoms with van der Waals surface area (Å²) in [6.07, 6.45) is 1.14. The lowest BCUT2D eigenvalue weighted by Gasteiger charge is -2.25. The highest BCUT2D eigenvalue weighted by Crippen LogP contribution is 2.32. The van der Waals surface area contributed by atoms with Crippen LogP contribution >= 0.6 is 23.2 Å². The second-order valence-corrected chi connectivity index (χ2v) is 12.1. The lowest BCUT2D eigenvalue weighted by Crippen LogP contribution is -2.41. The van der Waals surface area contributed by atoms with Crippen molar-refractivity contribution in [3.63, 3.8) is 0 Å². The van der Waals surface area contributed by atoms with E-state index in [-0.39, 0.29) is 39.4 Å². The highest BCUT2D eigenvalue weighted by molar-refractivity contribution is 7.92. The Hall–Kier alpha value is -4.05. The summed E-state index contributed by atoms with van der Waals surface area (Å²) in [6, 6.07) is 26.7. The normalized spacial score (nSPS) is 14.8. The minimum atomic E-state index is -4.28. The molecule has 5 rings (SSSR count). The van der Waals surface area contributed by atoms with Gasteiger partial charge in [-0.05, 0) is 73.0 Å². The third-order valence-corrected chi connectivity index (χ3v) is 8.79. The van der Waals surface area contributed by atoms with E-state index in [0.717, 1.165) is 10.0 Å². The molecule has 1 heterocycles. The van der Waals surface area contributed by atoms with E-state index in [9.17, 15) is 18.0 Å². The molecule has 0 bridgehead atoms. The Morgan fingerprint density at radius 2 is 1.55 bits per heavy atom. The van der Waals surface area contributed by atoms with E-state index in [0.29, 0.717) is 24.4 Å². The molecule has 1 saturated heterocycles. The maximum Gasteiger partial charge on any atom is 0.329 e. The average Bonchev–Trinajstić information content (AvgIpc) is 3.50. The molecule has 1 unspecified atom stereocenters. The Balaban J connectivity index is 1.34. The van der Waals surface area contributed by atoms with Gasteiger partial charge in [0.05, 0.1) is 15.6 Å². The first-order valence-electron chi connectivity index (χ1n) is 13.1. The topological polar surface area (TPSA) is 93.2 Å². The van der Waals surface area contributed by atoms with E-state index < -0.39 is 22.0 Å². The van der Waals surface area contributed by atoms with Gasteiger partial charge in [0.1, 0.15) is 12.6 Å². The van der Waals surface area contributed by atoms with Gasteiger partial charge < -0.3 is 14.5 Å². The van der Waals surface area contributed by atoms with Gasteiger partial charge in [-0.1, -0.05) is 76.2 Å². The zero-order valence-electron chi connectivity index (χ0n) is 22.2. The summed E-state index contributed by atoms with van der Waals surface area (Å²) in [5.74, 6) is -0.776. The number of rotatable bonds is 9. The number of anilines is 1. The fourth-order valence-electron chi connectivity index (χ4n) is 4.54. The molecule has 1 aliphatic heterocycles. The third kappa shape index (κ3) is 6.54. The molecule has 1 fully saturated rings. The molecule has 4 aromatic rings. The molecule has 216 valence electrons. The van der Waals surface area contributed by atoms with Gasteiger partial charge in [-0.3, -0.25) is 4.79 Å². The van der Waals surface area contributed by atoms with Crippen molar-refractivity contribution in [2.24, 2.45) is 0 Å². The number of nitrogens with zero attached hydrogens (tertiary/aromatic N) is 2. The molecule has 0 radical (unpaired) electrons. The van der Waals surface area contributed by atoms with Crippen LogP contribution in [0.3, 0.4) is 0 Å². The maximum atomic E-state index is 13.8. The van der Waals surface area contributed by atoms with Crippen LogP contribution in [0.5, 0.6) is 5.75 Å². The van der Waals surface area contributed by atoms with E-state index in [2.05, 4.69) is 0 Å². The second kappa shape index (κ2) is 12.9. The number of hydrogen-bond acceptors (Lipinski definition) is 6. The Kier molecular flexibility index (Phi) is 9.01. The number of carbonyl (C=O) groups is 2. The molecule has 0 N–H and O–H groups in total. The molecule has 4 aromatic carbocycles. The van der Waals surface area contributed by atoms with Crippen LogP contribution in [0.25, 0.3) is 0 Å². The number of carbonyl (C=O) groups excluding carboxylic acids is 2. The highest BCUT2D eigenvalue weighted by Gasteiger charge is 2.36. The van der Waals surface area contributed by atoms with Crippen LogP contribution < -0.4 is 9.31 Å². The predicted molar refractivity (Wildman–Crippen MR) is 160 cm³/mol. The van der Waals surface area contributed by atoms with Crippen molar-refractivity contribution in [2.45, 2.75) is 30.4 Å². The van der Waals surface area contributed by atoms with Gasteiger partial charge in [0.25, 0.3) is 15.9 Å². The smallest absolute Gasteiger partial charge is 0.329 e. The number of halogens is 2. The molecule has 8 nitrogen and oxygen atoms in total. The third-order valence-electron chi connectivity index (χ3n) is 6.67. The Morgan fingerprint density at radius 1 is 0.881 bits per heavy atom. The predicted octanol–water partition coefficient (Wildman–Crippen LogP) is 6.53. The molecule has 42 heavy (non-hydrogen) atoms. The second-order valence-electron chi connectivity index (χ2n) is 9.51. The van der Waals surface area contributed by atoms with Gasteiger partial charge in [0.15, 0.2) is 5.75 Å². The van der Waals surface area contributed by atoms with Crippen LogP contribution in [0.4, 0.5) is 5.69 Å². The number of benzene rings is 4. The highest BCUT2D eigenvalue weighted by atomic mass is 35.5. The van der Waals surface area contributed by atoms with Crippen molar-refractivity contribution in [1.82, 2.24) is 4.90 Å². The Morgan fingerprint density at radius 3 is 2.21 bits per heavy atom. The zero-order valence-corrected chi connectivity index (χ0v) is 24.6. The lowest BCUT2D eigenvalue weighted by atomic mass is 10.1. The average molecular weight is 626 g/mol. The van der Waals surface area contributed by atoms with Crippen molar-refractivity contribution in [3.8, 4) is 5.75 Å². The minimum absolute atomic E-state index is 0.0829. The monoisotopic (exact) mass is 624 g/mol. The van der Waals surface area contributed by atoms with Gasteiger partial charge >= 0.3 is 5.97 Å². The number of likely N-dealkylation sites (tertiary alicyclic amines) is 1. The molecule has 11 heteroatoms. The summed E-state index contributed by atoms with van der Waals surface area (Å²) in [4.78, 5) is 33.3. The molecular weight excluding hydrogens is 599 g/mol. The van der Waals surface area contributed by atoms with Crippen LogP contribution in [-0.2, 0) is 26.2 Å². The number of esters is 1. The largest absolute Gasteiger partial charge is 0.459 e. The first-order chi connectivity index (χ1) is 20.2. The number of para-hydroxylation sites is 1. The summed E-state index contributed by atoms with van der Waals surface area (Å²) < 4.78 is 33.8. The van der Waals surface area contributed by atoms with E-state index >= 15 is 0 Å². The van der Waals surface area contributed by atoms with Gasteiger partial charge in [0, 0.05) is 17.1 Å². The van der Waals surface area contributed by atoms with Crippen LogP contribution in [-0.4, -0.2) is 37.8 Å². The van der Waals surface area contributed by atoms with Gasteiger partial charge in [-0.2, -0.15) is 8.42 Å². The van der Waals surface area contributed by atoms with E-state index in [4.69, 9.17) is 32.8 Å². The quantitative estimate of drug-likeness (QED) is 0.155. The summed E-state index contributed by atoms with van der Waals surface area (Å²) in [6.45, 7) is 0.507. The van der Waals surface area contributed by atoms with Crippen molar-refractivity contribution < 1.29 is 27.6 Å². The summed E-state index contributed by atoms with van der Waals surface area (Å²) in [5, 5.41) is 0.494. The van der Waals surface area contributed by atoms with Crippen LogP contribution in [0.2, 0.25) is 10.0 Å². The van der Waals surface area contributed by atoms with Gasteiger partial charge in [0.2, 0.25) is 0 Å². The molecule has 1 amide bonds. The fourth-order valence-corrected chi connectivity index (χ4v) is 6.23. The Labute approximate surface area is 254 Å². The number of amides is 1. The maximum absolute atomic E-state index is 13.8. The molecular formula is C31H26Cl2N2O6S. The summed E-state index contributed by atoms with van der Waals surface area (Å²) >= 11 is 12.2. The van der Waals surface area contributed by atoms with Crippen molar-refractivity contribution in [3.05, 3.63) is 124 Å². The minimum Gasteiger partial charge on any atom is -0.459 e. The van der Waals surface area contributed by atoms with E-state index in [1.807, 2.05) is 30.3 Å². The van der Waals surface area contributed by atoms with Crippen molar-refractivity contribution in [2.75, 3.05) is 11.0 Å². The molecule has 0 aromatic heterocycles. The number of sulfonamides is 1. The first-order valence-corrected chi connectivity index (χ1v) is 15.3.